The van der Waals surface area contributed by atoms with Crippen LogP contribution in [0.1, 0.15) is 0 Å². The number of nitrogens with zero attached hydrogens (tertiary/aromatic N) is 4. The highest BCUT2D eigenvalue weighted by molar-refractivity contribution is 7.98. The molecule has 112 valence electrons. The molecular formula is C16H16N4OS. The summed E-state index contributed by atoms with van der Waals surface area (Å²) >= 11 is 1.53. The van der Waals surface area contributed by atoms with Crippen LogP contribution in [0.3, 0.4) is 0 Å². The molecule has 1 aromatic carbocycles. The molecule has 2 aromatic heterocycles. The zero-order chi connectivity index (χ0) is 15.4. The van der Waals surface area contributed by atoms with Crippen LogP contribution < -0.4 is 0 Å². The van der Waals surface area contributed by atoms with Gasteiger partial charge in [-0.15, -0.1) is 0 Å². The van der Waals surface area contributed by atoms with E-state index in [-0.39, 0.29) is 6.61 Å². The number of rotatable bonds is 5. The molecule has 0 unspecified atom stereocenters. The molecule has 0 saturated heterocycles. The summed E-state index contributed by atoms with van der Waals surface area (Å²) in [7, 11) is 0. The molecule has 6 heteroatoms. The Morgan fingerprint density at radius 1 is 1.14 bits per heavy atom. The first-order valence-electron chi connectivity index (χ1n) is 6.92. The van der Waals surface area contributed by atoms with Gasteiger partial charge in [0.1, 0.15) is 0 Å². The highest BCUT2D eigenvalue weighted by Crippen LogP contribution is 2.25. The van der Waals surface area contributed by atoms with E-state index in [0.717, 1.165) is 27.7 Å². The number of benzene rings is 1. The molecule has 1 N–H and O–H groups in total. The van der Waals surface area contributed by atoms with E-state index >= 15 is 0 Å². The predicted molar refractivity (Wildman–Crippen MR) is 87.6 cm³/mol. The molecule has 2 heterocycles. The van der Waals surface area contributed by atoms with E-state index in [1.807, 2.05) is 42.8 Å². The van der Waals surface area contributed by atoms with E-state index in [2.05, 4.69) is 21.1 Å². The monoisotopic (exact) mass is 312 g/mol. The van der Waals surface area contributed by atoms with E-state index < -0.39 is 0 Å². The molecule has 0 atom stereocenters. The molecule has 0 amide bonds. The first-order valence-corrected chi connectivity index (χ1v) is 8.15. The van der Waals surface area contributed by atoms with Gasteiger partial charge in [-0.2, -0.15) is 5.10 Å². The van der Waals surface area contributed by atoms with Gasteiger partial charge < -0.3 is 5.11 Å². The van der Waals surface area contributed by atoms with Gasteiger partial charge in [0.05, 0.1) is 24.5 Å². The zero-order valence-electron chi connectivity index (χ0n) is 12.2. The lowest BCUT2D eigenvalue weighted by Gasteiger charge is -2.04. The summed E-state index contributed by atoms with van der Waals surface area (Å²) in [5.41, 5.74) is 3.84. The Kier molecular flexibility index (Phi) is 4.50. The van der Waals surface area contributed by atoms with Crippen LogP contribution in [-0.4, -0.2) is 37.7 Å². The van der Waals surface area contributed by atoms with Crippen LogP contribution in [0.25, 0.3) is 22.5 Å². The number of aliphatic hydroxyl groups excluding tert-OH is 1. The normalized spacial score (nSPS) is 10.8. The second-order valence-electron chi connectivity index (χ2n) is 4.70. The molecule has 0 bridgehead atoms. The summed E-state index contributed by atoms with van der Waals surface area (Å²) in [4.78, 5) is 8.72. The Labute approximate surface area is 133 Å². The van der Waals surface area contributed by atoms with Gasteiger partial charge in [-0.25, -0.2) is 9.97 Å². The fourth-order valence-electron chi connectivity index (χ4n) is 2.18. The molecule has 0 spiro atoms. The van der Waals surface area contributed by atoms with Crippen molar-refractivity contribution in [3.05, 3.63) is 48.8 Å². The zero-order valence-corrected chi connectivity index (χ0v) is 13.0. The van der Waals surface area contributed by atoms with E-state index in [1.54, 1.807) is 10.9 Å². The lowest BCUT2D eigenvalue weighted by Crippen LogP contribution is -2.02. The summed E-state index contributed by atoms with van der Waals surface area (Å²) in [6.45, 7) is 0.586. The third-order valence-electron chi connectivity index (χ3n) is 3.24. The second kappa shape index (κ2) is 6.72. The second-order valence-corrected chi connectivity index (χ2v) is 5.47. The minimum atomic E-state index is 0.0829. The van der Waals surface area contributed by atoms with Crippen molar-refractivity contribution < 1.29 is 5.11 Å². The van der Waals surface area contributed by atoms with Gasteiger partial charge in [0.2, 0.25) is 0 Å². The minimum Gasteiger partial charge on any atom is -0.394 e. The van der Waals surface area contributed by atoms with E-state index in [4.69, 9.17) is 5.11 Å². The molecule has 22 heavy (non-hydrogen) atoms. The summed E-state index contributed by atoms with van der Waals surface area (Å²) in [6, 6.07) is 12.0. The average molecular weight is 312 g/mol. The van der Waals surface area contributed by atoms with Crippen molar-refractivity contribution in [2.75, 3.05) is 12.9 Å². The molecule has 0 aliphatic rings. The Morgan fingerprint density at radius 2 is 1.95 bits per heavy atom. The topological polar surface area (TPSA) is 63.8 Å². The summed E-state index contributed by atoms with van der Waals surface area (Å²) in [6.07, 6.45) is 5.61. The van der Waals surface area contributed by atoms with E-state index in [9.17, 15) is 0 Å². The van der Waals surface area contributed by atoms with Crippen LogP contribution >= 0.6 is 11.8 Å². The van der Waals surface area contributed by atoms with E-state index in [0.29, 0.717) is 6.54 Å². The third-order valence-corrected chi connectivity index (χ3v) is 3.80. The summed E-state index contributed by atoms with van der Waals surface area (Å²) in [5.74, 6) is 0. The van der Waals surface area contributed by atoms with Crippen molar-refractivity contribution in [2.24, 2.45) is 0 Å². The highest BCUT2D eigenvalue weighted by Gasteiger charge is 2.06. The lowest BCUT2D eigenvalue weighted by atomic mass is 10.1. The van der Waals surface area contributed by atoms with Crippen LogP contribution in [0.5, 0.6) is 0 Å². The number of aromatic nitrogens is 4. The Bertz CT molecular complexity index is 772. The van der Waals surface area contributed by atoms with Crippen LogP contribution in [0.4, 0.5) is 0 Å². The standard InChI is InChI=1S/C16H16N4OS/c1-22-16-17-7-5-14(18-16)12-3-2-4-13(11-12)15-6-8-20(19-15)9-10-21/h2-8,11,21H,9-10H2,1H3. The largest absolute Gasteiger partial charge is 0.394 e. The van der Waals surface area contributed by atoms with Crippen molar-refractivity contribution in [1.82, 2.24) is 19.7 Å². The fraction of sp³-hybridized carbons (Fsp3) is 0.188. The summed E-state index contributed by atoms with van der Waals surface area (Å²) in [5, 5.41) is 14.2. The maximum absolute atomic E-state index is 8.96. The van der Waals surface area contributed by atoms with Gasteiger partial charge in [-0.3, -0.25) is 4.68 Å². The van der Waals surface area contributed by atoms with E-state index in [1.165, 1.54) is 11.8 Å². The molecule has 0 aliphatic heterocycles. The fourth-order valence-corrected chi connectivity index (χ4v) is 2.54. The first kappa shape index (κ1) is 14.7. The van der Waals surface area contributed by atoms with Crippen LogP contribution in [0.2, 0.25) is 0 Å². The lowest BCUT2D eigenvalue weighted by molar-refractivity contribution is 0.269. The molecule has 0 aliphatic carbocycles. The third kappa shape index (κ3) is 3.18. The highest BCUT2D eigenvalue weighted by atomic mass is 32.2. The molecule has 3 rings (SSSR count). The van der Waals surface area contributed by atoms with Gasteiger partial charge in [0, 0.05) is 23.5 Å². The molecule has 5 nitrogen and oxygen atoms in total. The Morgan fingerprint density at radius 3 is 2.73 bits per heavy atom. The van der Waals surface area contributed by atoms with Crippen LogP contribution in [0.15, 0.2) is 53.9 Å². The van der Waals surface area contributed by atoms with Gasteiger partial charge in [0.25, 0.3) is 0 Å². The Hall–Kier alpha value is -2.18. The number of hydrogen-bond acceptors (Lipinski definition) is 5. The maximum Gasteiger partial charge on any atom is 0.187 e. The van der Waals surface area contributed by atoms with Crippen molar-refractivity contribution >= 4 is 11.8 Å². The van der Waals surface area contributed by atoms with Gasteiger partial charge in [-0.05, 0) is 24.5 Å². The number of hydrogen-bond donors (Lipinski definition) is 1. The first-order chi connectivity index (χ1) is 10.8. The number of aliphatic hydroxyl groups is 1. The van der Waals surface area contributed by atoms with Gasteiger partial charge in [0.15, 0.2) is 5.16 Å². The van der Waals surface area contributed by atoms with Crippen LogP contribution in [-0.2, 0) is 6.54 Å². The Balaban J connectivity index is 1.94. The SMILES string of the molecule is CSc1nccc(-c2cccc(-c3ccn(CCO)n3)c2)n1. The minimum absolute atomic E-state index is 0.0829. The van der Waals surface area contributed by atoms with Gasteiger partial charge >= 0.3 is 0 Å². The van der Waals surface area contributed by atoms with Crippen LogP contribution in [0, 0.1) is 0 Å². The molecule has 0 fully saturated rings. The molecule has 3 aromatic rings. The molecule has 0 saturated carbocycles. The summed E-state index contributed by atoms with van der Waals surface area (Å²) < 4.78 is 1.73. The van der Waals surface area contributed by atoms with Crippen molar-refractivity contribution in [2.45, 2.75) is 11.7 Å². The van der Waals surface area contributed by atoms with Crippen molar-refractivity contribution in [3.8, 4) is 22.5 Å². The number of thioether (sulfide) groups is 1. The smallest absolute Gasteiger partial charge is 0.187 e. The quantitative estimate of drug-likeness (QED) is 0.580. The predicted octanol–water partition coefficient (Wildman–Crippen LogP) is 2.72. The van der Waals surface area contributed by atoms with Crippen molar-refractivity contribution in [1.29, 1.82) is 0 Å². The van der Waals surface area contributed by atoms with Crippen molar-refractivity contribution in [3.63, 3.8) is 0 Å². The molecule has 0 radical (unpaired) electrons. The molecular weight excluding hydrogens is 296 g/mol. The maximum atomic E-state index is 8.96. The average Bonchev–Trinajstić information content (AvgIpc) is 3.04. The van der Waals surface area contributed by atoms with Gasteiger partial charge in [-0.1, -0.05) is 30.0 Å².